The third-order valence-electron chi connectivity index (χ3n) is 6.92. The Hall–Kier alpha value is -3.91. The zero-order chi connectivity index (χ0) is 25.2. The second kappa shape index (κ2) is 9.99. The van der Waals surface area contributed by atoms with Crippen molar-refractivity contribution in [3.63, 3.8) is 0 Å². The van der Waals surface area contributed by atoms with Crippen molar-refractivity contribution in [1.82, 2.24) is 20.1 Å². The molecule has 0 atom stereocenters. The van der Waals surface area contributed by atoms with Gasteiger partial charge in [-0.15, -0.1) is 0 Å². The number of hydrogen-bond acceptors (Lipinski definition) is 6. The van der Waals surface area contributed by atoms with Crippen LogP contribution in [0.1, 0.15) is 58.1 Å². The molecule has 0 fully saturated rings. The van der Waals surface area contributed by atoms with Crippen molar-refractivity contribution in [1.29, 1.82) is 0 Å². The first-order valence-electron chi connectivity index (χ1n) is 12.1. The Morgan fingerprint density at radius 1 is 1.19 bits per heavy atom. The lowest BCUT2D eigenvalue weighted by Crippen LogP contribution is -2.24. The Balaban J connectivity index is 1.43. The number of nitrogens with one attached hydrogen (secondary N) is 1. The summed E-state index contributed by atoms with van der Waals surface area (Å²) in [6, 6.07) is 9.97. The molecule has 0 spiro atoms. The van der Waals surface area contributed by atoms with Gasteiger partial charge in [0.1, 0.15) is 17.9 Å². The fraction of sp³-hybridized carbons (Fsp3) is 0.321. The van der Waals surface area contributed by atoms with Crippen molar-refractivity contribution < 1.29 is 19.4 Å². The Bertz CT molecular complexity index is 1390. The van der Waals surface area contributed by atoms with E-state index in [1.54, 1.807) is 6.07 Å². The summed E-state index contributed by atoms with van der Waals surface area (Å²) < 4.78 is 13.2. The van der Waals surface area contributed by atoms with E-state index in [1.165, 1.54) is 45.8 Å². The van der Waals surface area contributed by atoms with Crippen molar-refractivity contribution in [3.05, 3.63) is 87.4 Å². The van der Waals surface area contributed by atoms with E-state index in [0.717, 1.165) is 49.4 Å². The number of ether oxygens (including phenoxy) is 2. The van der Waals surface area contributed by atoms with Crippen LogP contribution in [0.15, 0.2) is 53.9 Å². The number of rotatable bonds is 7. The molecule has 2 aromatic heterocycles. The Kier molecular flexibility index (Phi) is 6.61. The smallest absolute Gasteiger partial charge is 0.342 e. The minimum absolute atomic E-state index is 0.0162. The average molecular weight is 487 g/mol. The summed E-state index contributed by atoms with van der Waals surface area (Å²) >= 11 is 0. The van der Waals surface area contributed by atoms with Crippen LogP contribution in [0, 0.1) is 6.92 Å². The summed E-state index contributed by atoms with van der Waals surface area (Å²) in [5.41, 5.74) is 8.16. The summed E-state index contributed by atoms with van der Waals surface area (Å²) in [5.74, 6) is 0.348. The molecular formula is C28H30N4O4. The minimum Gasteiger partial charge on any atom is -0.488 e. The predicted octanol–water partition coefficient (Wildman–Crippen LogP) is 4.60. The normalized spacial score (nSPS) is 15.4. The molecule has 3 heterocycles. The lowest BCUT2D eigenvalue weighted by molar-refractivity contribution is 0.0693. The highest BCUT2D eigenvalue weighted by Gasteiger charge is 2.22. The molecular weight excluding hydrogens is 456 g/mol. The summed E-state index contributed by atoms with van der Waals surface area (Å²) in [6.45, 7) is 6.71. The number of fused-ring (bicyclic) bond motifs is 1. The van der Waals surface area contributed by atoms with E-state index in [9.17, 15) is 9.90 Å². The number of benzene rings is 1. The molecule has 2 aliphatic rings. The van der Waals surface area contributed by atoms with E-state index in [1.807, 2.05) is 12.1 Å². The van der Waals surface area contributed by atoms with Crippen LogP contribution in [-0.2, 0) is 24.3 Å². The van der Waals surface area contributed by atoms with Crippen molar-refractivity contribution in [2.24, 2.45) is 0 Å². The highest BCUT2D eigenvalue weighted by Crippen LogP contribution is 2.34. The summed E-state index contributed by atoms with van der Waals surface area (Å²) in [5, 5.41) is 17.1. The summed E-state index contributed by atoms with van der Waals surface area (Å²) in [6.07, 6.45) is 6.30. The molecule has 1 aliphatic heterocycles. The molecule has 1 aromatic carbocycles. The first kappa shape index (κ1) is 23.8. The molecule has 8 heteroatoms. The van der Waals surface area contributed by atoms with E-state index in [4.69, 9.17) is 14.5 Å². The minimum atomic E-state index is -1.10. The number of pyridine rings is 1. The third-order valence-corrected chi connectivity index (χ3v) is 6.92. The zero-order valence-corrected chi connectivity index (χ0v) is 20.8. The monoisotopic (exact) mass is 486 g/mol. The average Bonchev–Trinajstić information content (AvgIpc) is 3.34. The van der Waals surface area contributed by atoms with E-state index < -0.39 is 5.97 Å². The first-order valence-corrected chi connectivity index (χ1v) is 12.1. The molecule has 0 saturated carbocycles. The number of carboxylic acids is 1. The van der Waals surface area contributed by atoms with Crippen molar-refractivity contribution in [3.8, 4) is 11.7 Å². The van der Waals surface area contributed by atoms with Gasteiger partial charge in [0.05, 0.1) is 19.0 Å². The van der Waals surface area contributed by atoms with E-state index in [-0.39, 0.29) is 11.4 Å². The molecule has 5 rings (SSSR count). The van der Waals surface area contributed by atoms with Crippen molar-refractivity contribution in [2.45, 2.75) is 46.3 Å². The maximum atomic E-state index is 11.5. The zero-order valence-electron chi connectivity index (χ0n) is 20.8. The molecule has 0 saturated heterocycles. The number of methoxy groups -OCH3 is 1. The molecule has 3 aromatic rings. The van der Waals surface area contributed by atoms with Gasteiger partial charge in [-0.05, 0) is 79.6 Å². The van der Waals surface area contributed by atoms with Crippen LogP contribution in [-0.4, -0.2) is 39.5 Å². The van der Waals surface area contributed by atoms with Crippen LogP contribution >= 0.6 is 0 Å². The predicted molar refractivity (Wildman–Crippen MR) is 136 cm³/mol. The fourth-order valence-corrected chi connectivity index (χ4v) is 4.94. The molecule has 0 radical (unpaired) electrons. The van der Waals surface area contributed by atoms with Gasteiger partial charge in [-0.25, -0.2) is 9.78 Å². The topological polar surface area (TPSA) is 98.5 Å². The SMILES string of the molecule is COc1c(C(=O)O)cnn1-c1cccc(C2=CCCC(C)=C2OCc2ccc3c(c2C)CCNC3)n1. The fourth-order valence-electron chi connectivity index (χ4n) is 4.94. The van der Waals surface area contributed by atoms with Gasteiger partial charge in [-0.2, -0.15) is 9.78 Å². The van der Waals surface area contributed by atoms with Gasteiger partial charge in [0.2, 0.25) is 5.88 Å². The van der Waals surface area contributed by atoms with Gasteiger partial charge in [0, 0.05) is 12.1 Å². The lowest BCUT2D eigenvalue weighted by atomic mass is 9.92. The number of nitrogens with zero attached hydrogens (tertiary/aromatic N) is 3. The van der Waals surface area contributed by atoms with Crippen LogP contribution in [0.3, 0.4) is 0 Å². The van der Waals surface area contributed by atoms with E-state index in [0.29, 0.717) is 12.4 Å². The molecule has 0 amide bonds. The quantitative estimate of drug-likeness (QED) is 0.504. The Morgan fingerprint density at radius 2 is 2.06 bits per heavy atom. The van der Waals surface area contributed by atoms with Gasteiger partial charge in [-0.3, -0.25) is 0 Å². The highest BCUT2D eigenvalue weighted by molar-refractivity contribution is 5.90. The van der Waals surface area contributed by atoms with Gasteiger partial charge < -0.3 is 19.9 Å². The van der Waals surface area contributed by atoms with Gasteiger partial charge in [0.25, 0.3) is 0 Å². The number of allylic oxidation sites excluding steroid dienone is 3. The molecule has 8 nitrogen and oxygen atoms in total. The van der Waals surface area contributed by atoms with Crippen molar-refractivity contribution in [2.75, 3.05) is 13.7 Å². The van der Waals surface area contributed by atoms with Crippen LogP contribution in [0.5, 0.6) is 5.88 Å². The van der Waals surface area contributed by atoms with Crippen LogP contribution in [0.2, 0.25) is 0 Å². The maximum absolute atomic E-state index is 11.5. The first-order chi connectivity index (χ1) is 17.5. The second-order valence-corrected chi connectivity index (χ2v) is 9.13. The van der Waals surface area contributed by atoms with E-state index >= 15 is 0 Å². The van der Waals surface area contributed by atoms with Gasteiger partial charge in [-0.1, -0.05) is 24.3 Å². The Labute approximate surface area is 210 Å². The third kappa shape index (κ3) is 4.40. The lowest BCUT2D eigenvalue weighted by Gasteiger charge is -2.24. The van der Waals surface area contributed by atoms with Gasteiger partial charge >= 0.3 is 5.97 Å². The number of hydrogen-bond donors (Lipinski definition) is 2. The standard InChI is InChI=1S/C28H30N4O4/c1-17-6-4-7-22(26(17)36-16-20-11-10-19-14-29-13-12-21(19)18(20)2)24-8-5-9-25(31-24)32-27(35-3)23(15-30-32)28(33)34/h5,7-11,15,29H,4,6,12-14,16H2,1-3H3,(H,33,34). The van der Waals surface area contributed by atoms with Gasteiger partial charge in [0.15, 0.2) is 5.82 Å². The van der Waals surface area contributed by atoms with Crippen LogP contribution in [0.4, 0.5) is 0 Å². The highest BCUT2D eigenvalue weighted by atomic mass is 16.5. The number of aromatic nitrogens is 3. The Morgan fingerprint density at radius 3 is 2.86 bits per heavy atom. The second-order valence-electron chi connectivity index (χ2n) is 9.13. The molecule has 186 valence electrons. The molecule has 0 unspecified atom stereocenters. The van der Waals surface area contributed by atoms with E-state index in [2.05, 4.69) is 42.5 Å². The number of carbonyl (C=O) groups is 1. The molecule has 1 aliphatic carbocycles. The summed E-state index contributed by atoms with van der Waals surface area (Å²) in [4.78, 5) is 16.3. The molecule has 2 N–H and O–H groups in total. The molecule has 0 bridgehead atoms. The van der Waals surface area contributed by atoms with Crippen LogP contribution < -0.4 is 10.1 Å². The molecule has 36 heavy (non-hydrogen) atoms. The maximum Gasteiger partial charge on any atom is 0.342 e. The number of aromatic carboxylic acids is 1. The largest absolute Gasteiger partial charge is 0.488 e. The summed E-state index contributed by atoms with van der Waals surface area (Å²) in [7, 11) is 1.42. The van der Waals surface area contributed by atoms with Crippen LogP contribution in [0.25, 0.3) is 11.4 Å². The van der Waals surface area contributed by atoms with Crippen molar-refractivity contribution >= 4 is 11.5 Å². The number of carboxylic acid groups (broad SMARTS) is 1.